The van der Waals surface area contributed by atoms with E-state index in [1.54, 1.807) is 0 Å². The number of hydrogen-bond acceptors (Lipinski definition) is 2. The molecule has 0 aromatic heterocycles. The van der Waals surface area contributed by atoms with Crippen molar-refractivity contribution in [1.82, 2.24) is 4.90 Å². The molecule has 2 N–H and O–H groups in total. The zero-order valence-corrected chi connectivity index (χ0v) is 11.8. The Morgan fingerprint density at radius 1 is 0.900 bits per heavy atom. The fraction of sp³-hybridized carbons (Fsp3) is 0.333. The lowest BCUT2D eigenvalue weighted by atomic mass is 10.0. The van der Waals surface area contributed by atoms with Crippen LogP contribution in [0.3, 0.4) is 0 Å². The van der Waals surface area contributed by atoms with E-state index in [9.17, 15) is 0 Å². The van der Waals surface area contributed by atoms with Gasteiger partial charge in [-0.05, 0) is 29.5 Å². The van der Waals surface area contributed by atoms with Crippen LogP contribution in [0.25, 0.3) is 0 Å². The van der Waals surface area contributed by atoms with Gasteiger partial charge in [-0.2, -0.15) is 0 Å². The molecule has 0 amide bonds. The van der Waals surface area contributed by atoms with E-state index in [1.807, 2.05) is 0 Å². The minimum atomic E-state index is 0.475. The van der Waals surface area contributed by atoms with Crippen molar-refractivity contribution in [3.05, 3.63) is 71.3 Å². The molecule has 104 valence electrons. The molecule has 2 aromatic carbocycles. The van der Waals surface area contributed by atoms with Crippen molar-refractivity contribution in [3.8, 4) is 0 Å². The van der Waals surface area contributed by atoms with Crippen LogP contribution in [-0.4, -0.2) is 17.5 Å². The summed E-state index contributed by atoms with van der Waals surface area (Å²) in [5.41, 5.74) is 10.3. The van der Waals surface area contributed by atoms with Gasteiger partial charge in [-0.3, -0.25) is 4.90 Å². The van der Waals surface area contributed by atoms with Crippen molar-refractivity contribution in [2.24, 2.45) is 5.73 Å². The number of aryl methyl sites for hydroxylation is 1. The molecule has 0 aliphatic carbocycles. The lowest BCUT2D eigenvalue weighted by Crippen LogP contribution is -2.37. The van der Waals surface area contributed by atoms with Crippen LogP contribution in [0.5, 0.6) is 0 Å². The lowest BCUT2D eigenvalue weighted by Gasteiger charge is -2.26. The topological polar surface area (TPSA) is 29.3 Å². The van der Waals surface area contributed by atoms with Gasteiger partial charge in [0.05, 0.1) is 0 Å². The Bertz CT molecular complexity index is 525. The number of hydrogen-bond donors (Lipinski definition) is 1. The largest absolute Gasteiger partial charge is 0.329 e. The molecular formula is C18H22N2. The van der Waals surface area contributed by atoms with Crippen LogP contribution >= 0.6 is 0 Å². The summed E-state index contributed by atoms with van der Waals surface area (Å²) < 4.78 is 0. The fourth-order valence-corrected chi connectivity index (χ4v) is 3.05. The van der Waals surface area contributed by atoms with Crippen molar-refractivity contribution < 1.29 is 0 Å². The van der Waals surface area contributed by atoms with Gasteiger partial charge in [0.25, 0.3) is 0 Å². The lowest BCUT2D eigenvalue weighted by molar-refractivity contribution is 0.193. The first-order valence-electron chi connectivity index (χ1n) is 7.41. The van der Waals surface area contributed by atoms with Crippen LogP contribution in [0.2, 0.25) is 0 Å². The summed E-state index contributed by atoms with van der Waals surface area (Å²) in [5, 5.41) is 0. The van der Waals surface area contributed by atoms with Crippen LogP contribution in [0.4, 0.5) is 0 Å². The molecule has 20 heavy (non-hydrogen) atoms. The minimum Gasteiger partial charge on any atom is -0.329 e. The zero-order valence-electron chi connectivity index (χ0n) is 11.8. The van der Waals surface area contributed by atoms with Gasteiger partial charge in [-0.1, -0.05) is 54.6 Å². The second-order valence-corrected chi connectivity index (χ2v) is 5.59. The van der Waals surface area contributed by atoms with Crippen molar-refractivity contribution in [1.29, 1.82) is 0 Å². The van der Waals surface area contributed by atoms with E-state index in [0.29, 0.717) is 6.04 Å². The van der Waals surface area contributed by atoms with Gasteiger partial charge >= 0.3 is 0 Å². The Labute approximate surface area is 121 Å². The van der Waals surface area contributed by atoms with Crippen LogP contribution in [0.15, 0.2) is 54.6 Å². The van der Waals surface area contributed by atoms with Gasteiger partial charge in [-0.25, -0.2) is 0 Å². The number of benzene rings is 2. The highest BCUT2D eigenvalue weighted by atomic mass is 15.2. The van der Waals surface area contributed by atoms with E-state index >= 15 is 0 Å². The van der Waals surface area contributed by atoms with E-state index in [1.165, 1.54) is 16.7 Å². The SMILES string of the molecule is NCC(CCc1ccccc1)N1Cc2ccccc2C1. The predicted octanol–water partition coefficient (Wildman–Crippen LogP) is 2.96. The first-order valence-corrected chi connectivity index (χ1v) is 7.41. The van der Waals surface area contributed by atoms with Gasteiger partial charge < -0.3 is 5.73 Å². The van der Waals surface area contributed by atoms with Crippen LogP contribution in [0, 0.1) is 0 Å². The van der Waals surface area contributed by atoms with Crippen molar-refractivity contribution in [3.63, 3.8) is 0 Å². The molecule has 0 fully saturated rings. The number of rotatable bonds is 5. The summed E-state index contributed by atoms with van der Waals surface area (Å²) in [5.74, 6) is 0. The average Bonchev–Trinajstić information content (AvgIpc) is 2.92. The molecule has 1 heterocycles. The van der Waals surface area contributed by atoms with Gasteiger partial charge in [-0.15, -0.1) is 0 Å². The third-order valence-corrected chi connectivity index (χ3v) is 4.26. The molecule has 0 saturated heterocycles. The highest BCUT2D eigenvalue weighted by Crippen LogP contribution is 2.25. The maximum absolute atomic E-state index is 6.01. The predicted molar refractivity (Wildman–Crippen MR) is 83.3 cm³/mol. The second-order valence-electron chi connectivity index (χ2n) is 5.59. The molecule has 1 atom stereocenters. The minimum absolute atomic E-state index is 0.475. The molecule has 0 saturated carbocycles. The molecule has 1 aliphatic rings. The maximum atomic E-state index is 6.01. The first-order chi connectivity index (χ1) is 9.86. The summed E-state index contributed by atoms with van der Waals surface area (Å²) in [7, 11) is 0. The summed E-state index contributed by atoms with van der Waals surface area (Å²) >= 11 is 0. The molecule has 2 heteroatoms. The Hall–Kier alpha value is -1.64. The average molecular weight is 266 g/mol. The molecule has 1 aliphatic heterocycles. The van der Waals surface area contributed by atoms with Crippen molar-refractivity contribution >= 4 is 0 Å². The number of nitrogens with two attached hydrogens (primary N) is 1. The summed E-state index contributed by atoms with van der Waals surface area (Å²) in [4.78, 5) is 2.52. The van der Waals surface area contributed by atoms with Crippen LogP contribution in [-0.2, 0) is 19.5 Å². The molecular weight excluding hydrogens is 244 g/mol. The van der Waals surface area contributed by atoms with Gasteiger partial charge in [0.1, 0.15) is 0 Å². The Morgan fingerprint density at radius 2 is 1.50 bits per heavy atom. The summed E-state index contributed by atoms with van der Waals surface area (Å²) in [6.07, 6.45) is 2.24. The Kier molecular flexibility index (Phi) is 4.14. The summed E-state index contributed by atoms with van der Waals surface area (Å²) in [6, 6.07) is 19.9. The van der Waals surface area contributed by atoms with Crippen LogP contribution in [0.1, 0.15) is 23.1 Å². The van der Waals surface area contributed by atoms with E-state index in [2.05, 4.69) is 59.5 Å². The van der Waals surface area contributed by atoms with E-state index in [4.69, 9.17) is 5.73 Å². The van der Waals surface area contributed by atoms with Gasteiger partial charge in [0.2, 0.25) is 0 Å². The van der Waals surface area contributed by atoms with Gasteiger partial charge in [0.15, 0.2) is 0 Å². The van der Waals surface area contributed by atoms with Crippen molar-refractivity contribution in [2.75, 3.05) is 6.54 Å². The highest BCUT2D eigenvalue weighted by molar-refractivity contribution is 5.30. The maximum Gasteiger partial charge on any atom is 0.0244 e. The first kappa shape index (κ1) is 13.3. The Balaban J connectivity index is 1.61. The highest BCUT2D eigenvalue weighted by Gasteiger charge is 2.24. The summed E-state index contributed by atoms with van der Waals surface area (Å²) in [6.45, 7) is 2.83. The molecule has 2 nitrogen and oxygen atoms in total. The molecule has 0 bridgehead atoms. The van der Waals surface area contributed by atoms with Crippen LogP contribution < -0.4 is 5.73 Å². The molecule has 0 radical (unpaired) electrons. The third-order valence-electron chi connectivity index (χ3n) is 4.26. The quantitative estimate of drug-likeness (QED) is 0.901. The Morgan fingerprint density at radius 3 is 2.10 bits per heavy atom. The molecule has 2 aromatic rings. The molecule has 1 unspecified atom stereocenters. The number of nitrogens with zero attached hydrogens (tertiary/aromatic N) is 1. The molecule has 0 spiro atoms. The zero-order chi connectivity index (χ0) is 13.8. The fourth-order valence-electron chi connectivity index (χ4n) is 3.05. The number of fused-ring (bicyclic) bond motifs is 1. The standard InChI is InChI=1S/C18H22N2/c19-12-18(11-10-15-6-2-1-3-7-15)20-13-16-8-4-5-9-17(16)14-20/h1-9,18H,10-14,19H2. The smallest absolute Gasteiger partial charge is 0.0244 e. The third kappa shape index (κ3) is 2.92. The normalized spacial score (nSPS) is 16.1. The van der Waals surface area contributed by atoms with E-state index in [0.717, 1.165) is 32.5 Å². The second kappa shape index (κ2) is 6.21. The monoisotopic (exact) mass is 266 g/mol. The van der Waals surface area contributed by atoms with E-state index < -0.39 is 0 Å². The van der Waals surface area contributed by atoms with Gasteiger partial charge in [0, 0.05) is 25.7 Å². The molecule has 3 rings (SSSR count). The van der Waals surface area contributed by atoms with E-state index in [-0.39, 0.29) is 0 Å². The van der Waals surface area contributed by atoms with Crippen molar-refractivity contribution in [2.45, 2.75) is 32.0 Å².